The molecule has 2 rings (SSSR count). The van der Waals surface area contributed by atoms with Crippen molar-refractivity contribution in [3.63, 3.8) is 0 Å². The second-order valence-electron chi connectivity index (χ2n) is 15.8. The van der Waals surface area contributed by atoms with Crippen molar-refractivity contribution in [2.75, 3.05) is 3.86 Å². The summed E-state index contributed by atoms with van der Waals surface area (Å²) in [6, 6.07) is 12.9. The van der Waals surface area contributed by atoms with Crippen LogP contribution < -0.4 is 3.86 Å². The third kappa shape index (κ3) is 12.1. The summed E-state index contributed by atoms with van der Waals surface area (Å²) in [6.07, 6.45) is 3.45. The van der Waals surface area contributed by atoms with E-state index in [9.17, 15) is 9.59 Å². The van der Waals surface area contributed by atoms with Gasteiger partial charge in [0.05, 0.1) is 0 Å². The zero-order chi connectivity index (χ0) is 36.7. The molecule has 48 heavy (non-hydrogen) atoms. The first-order valence-corrected chi connectivity index (χ1v) is 19.2. The van der Waals surface area contributed by atoms with E-state index < -0.39 is 38.8 Å². The molecule has 0 aliphatic heterocycles. The standard InChI is InChI=1S/C41H60GeN2O4/c1-25(2)31-19-17-20-32(26(3)4)37(31)43-29(9)23-30(10)44(38-33(27(5)6)21-18-22-34(38)28(7)8)42-35(39(46)48-41(14,15)16)24-36(45)47-40(11,12)13/h17-28H,1-16H3/b30-23-,35-24-,43-29?. The fourth-order valence-corrected chi connectivity index (χ4v) is 7.81. The Bertz CT molecular complexity index is 1480. The second kappa shape index (κ2) is 17.0. The average Bonchev–Trinajstić information content (AvgIpc) is 2.92. The third-order valence-corrected chi connectivity index (χ3v) is 10.4. The van der Waals surface area contributed by atoms with Crippen LogP contribution in [0, 0.1) is 0 Å². The molecule has 2 aromatic carbocycles. The summed E-state index contributed by atoms with van der Waals surface area (Å²) in [4.78, 5) is 32.2. The molecule has 0 aliphatic rings. The maximum atomic E-state index is 13.8. The molecule has 0 aromatic heterocycles. The van der Waals surface area contributed by atoms with Crippen LogP contribution in [0.4, 0.5) is 11.4 Å². The molecule has 7 heteroatoms. The van der Waals surface area contributed by atoms with E-state index in [4.69, 9.17) is 14.5 Å². The molecule has 0 bridgehead atoms. The third-order valence-electron chi connectivity index (χ3n) is 7.49. The van der Waals surface area contributed by atoms with Gasteiger partial charge in [-0.3, -0.25) is 0 Å². The normalized spacial score (nSPS) is 13.5. The Hall–Kier alpha value is -3.13. The molecule has 0 atom stereocenters. The number of para-hydroxylation sites is 2. The number of hydrogen-bond donors (Lipinski definition) is 0. The molecular weight excluding hydrogens is 657 g/mol. The number of carbonyl (C=O) groups excluding carboxylic acids is 2. The second-order valence-corrected chi connectivity index (χ2v) is 18.3. The van der Waals surface area contributed by atoms with Crippen molar-refractivity contribution in [1.82, 2.24) is 0 Å². The Morgan fingerprint density at radius 1 is 0.688 bits per heavy atom. The van der Waals surface area contributed by atoms with Crippen molar-refractivity contribution in [2.45, 2.75) is 146 Å². The van der Waals surface area contributed by atoms with E-state index in [-0.39, 0.29) is 11.8 Å². The van der Waals surface area contributed by atoms with Gasteiger partial charge in [0.2, 0.25) is 0 Å². The number of benzene rings is 2. The fourth-order valence-electron chi connectivity index (χ4n) is 5.35. The average molecular weight is 718 g/mol. The monoisotopic (exact) mass is 718 g/mol. The van der Waals surface area contributed by atoms with E-state index >= 15 is 0 Å². The molecule has 262 valence electrons. The number of aliphatic imine (C=N–C) groups is 1. The van der Waals surface area contributed by atoms with Crippen molar-refractivity contribution in [2.24, 2.45) is 4.99 Å². The van der Waals surface area contributed by atoms with Gasteiger partial charge in [-0.05, 0) is 0 Å². The summed E-state index contributed by atoms with van der Waals surface area (Å²) in [5.74, 6) is 0.0356. The first-order valence-electron chi connectivity index (χ1n) is 17.3. The summed E-state index contributed by atoms with van der Waals surface area (Å²) >= 11 is -1.51. The first kappa shape index (κ1) is 41.0. The van der Waals surface area contributed by atoms with Crippen molar-refractivity contribution < 1.29 is 19.1 Å². The van der Waals surface area contributed by atoms with Gasteiger partial charge < -0.3 is 0 Å². The van der Waals surface area contributed by atoms with Crippen LogP contribution >= 0.6 is 0 Å². The minimum absolute atomic E-state index is 0.224. The van der Waals surface area contributed by atoms with Crippen LogP contribution in [0.15, 0.2) is 63.6 Å². The first-order chi connectivity index (χ1) is 22.0. The van der Waals surface area contributed by atoms with Crippen LogP contribution in [-0.4, -0.2) is 44.5 Å². The number of esters is 2. The number of nitrogens with zero attached hydrogens (tertiary/aromatic N) is 2. The van der Waals surface area contributed by atoms with E-state index in [0.29, 0.717) is 16.2 Å². The molecule has 2 aromatic rings. The number of anilines is 1. The van der Waals surface area contributed by atoms with E-state index in [1.54, 1.807) is 0 Å². The van der Waals surface area contributed by atoms with Crippen molar-refractivity contribution in [3.8, 4) is 0 Å². The van der Waals surface area contributed by atoms with Crippen molar-refractivity contribution in [3.05, 3.63) is 80.9 Å². The number of rotatable bonds is 12. The SMILES string of the molecule is CC(/C=C(/C)[N]([Ge]/[C](=C\C(=O)OC(C)(C)C)C(=O)OC(C)(C)C)c1c(C(C)C)cccc1C(C)C)=Nc1c(C(C)C)cccc1C(C)C. The summed E-state index contributed by atoms with van der Waals surface area (Å²) in [7, 11) is 0. The zero-order valence-corrected chi connectivity index (χ0v) is 34.6. The quantitative estimate of drug-likeness (QED) is 0.0946. The van der Waals surface area contributed by atoms with Gasteiger partial charge in [0.25, 0.3) is 0 Å². The Morgan fingerprint density at radius 2 is 1.10 bits per heavy atom. The van der Waals surface area contributed by atoms with Crippen LogP contribution in [0.25, 0.3) is 0 Å². The predicted molar refractivity (Wildman–Crippen MR) is 204 cm³/mol. The summed E-state index contributed by atoms with van der Waals surface area (Å²) < 4.78 is 14.1. The molecule has 0 heterocycles. The van der Waals surface area contributed by atoms with Crippen LogP contribution in [0.5, 0.6) is 0 Å². The summed E-state index contributed by atoms with van der Waals surface area (Å²) in [5, 5.41) is 0. The fraction of sp³-hybridized carbons (Fsp3) is 0.537. The minimum atomic E-state index is -1.51. The Labute approximate surface area is 298 Å². The molecule has 0 N–H and O–H groups in total. The van der Waals surface area contributed by atoms with E-state index in [1.165, 1.54) is 28.3 Å². The predicted octanol–water partition coefficient (Wildman–Crippen LogP) is 10.9. The van der Waals surface area contributed by atoms with Crippen molar-refractivity contribution in [1.29, 1.82) is 0 Å². The molecule has 0 aliphatic carbocycles. The van der Waals surface area contributed by atoms with Crippen LogP contribution in [0.2, 0.25) is 0 Å². The molecule has 0 saturated carbocycles. The van der Waals surface area contributed by atoms with E-state index in [1.807, 2.05) is 48.5 Å². The van der Waals surface area contributed by atoms with Crippen LogP contribution in [0.3, 0.4) is 0 Å². The van der Waals surface area contributed by atoms with Gasteiger partial charge in [-0.1, -0.05) is 0 Å². The molecule has 0 unspecified atom stereocenters. The number of ether oxygens (including phenoxy) is 2. The van der Waals surface area contributed by atoms with Gasteiger partial charge in [-0.15, -0.1) is 0 Å². The van der Waals surface area contributed by atoms with Crippen LogP contribution in [0.1, 0.15) is 157 Å². The number of hydrogen-bond acceptors (Lipinski definition) is 6. The molecule has 0 amide bonds. The van der Waals surface area contributed by atoms with E-state index in [2.05, 4.69) is 109 Å². The molecule has 0 spiro atoms. The zero-order valence-electron chi connectivity index (χ0n) is 32.5. The molecular formula is C41H60GeN2O4. The summed E-state index contributed by atoms with van der Waals surface area (Å²) in [5.41, 5.74) is 7.27. The summed E-state index contributed by atoms with van der Waals surface area (Å²) in [6.45, 7) is 32.6. The Balaban J connectivity index is 2.93. The van der Waals surface area contributed by atoms with Gasteiger partial charge >= 0.3 is 299 Å². The Kier molecular flexibility index (Phi) is 14.5. The van der Waals surface area contributed by atoms with Gasteiger partial charge in [-0.25, -0.2) is 0 Å². The molecule has 2 radical (unpaired) electrons. The van der Waals surface area contributed by atoms with Gasteiger partial charge in [0, 0.05) is 0 Å². The topological polar surface area (TPSA) is 68.2 Å². The number of carbonyl (C=O) groups is 2. The molecule has 0 saturated heterocycles. The molecule has 0 fully saturated rings. The number of allylic oxidation sites excluding steroid dienone is 2. The van der Waals surface area contributed by atoms with Crippen LogP contribution in [-0.2, 0) is 19.1 Å². The Morgan fingerprint density at radius 3 is 1.50 bits per heavy atom. The van der Waals surface area contributed by atoms with Crippen molar-refractivity contribution >= 4 is 44.7 Å². The van der Waals surface area contributed by atoms with Gasteiger partial charge in [0.1, 0.15) is 0 Å². The van der Waals surface area contributed by atoms with Gasteiger partial charge in [-0.2, -0.15) is 0 Å². The molecule has 6 nitrogen and oxygen atoms in total. The van der Waals surface area contributed by atoms with Gasteiger partial charge in [0.15, 0.2) is 0 Å². The maximum absolute atomic E-state index is 13.8. The van der Waals surface area contributed by atoms with E-state index in [0.717, 1.165) is 22.8 Å².